The van der Waals surface area contributed by atoms with E-state index < -0.39 is 66.2 Å². The van der Waals surface area contributed by atoms with Gasteiger partial charge in [0.15, 0.2) is 5.12 Å². The highest BCUT2D eigenvalue weighted by Gasteiger charge is 2.39. The minimum atomic E-state index is -4.84. The Morgan fingerprint density at radius 3 is 0.840 bits per heavy atom. The SMILES string of the molecule is CCOP(=O)(OCC)Oc1ccccc1C(C)(C)CC(=O)S.CCOP(=O)(OCC)Oc1ccccc1C(C)(C)CC(=O)SSC(=O)CC(C)(C)c1c(C)cc(C)cc1OP(=O)(OCC)OCC.Cc1cc(C)c(C(C)(C)CC(=O)SSC(=O)CC(C)(C)c2ccccc2OP(=O)(O)O)c(OP(=O)(O)O)c1. The first-order valence-electron chi connectivity index (χ1n) is 33.7. The van der Waals surface area contributed by atoms with E-state index in [-0.39, 0.29) is 109 Å². The van der Waals surface area contributed by atoms with Crippen LogP contribution in [-0.2, 0) is 101 Å². The number of carbonyl (C=O) groups excluding carboxylic acids is 5. The highest BCUT2D eigenvalue weighted by atomic mass is 33.1. The Bertz CT molecular complexity index is 4050. The van der Waals surface area contributed by atoms with Crippen LogP contribution in [0.2, 0.25) is 0 Å². The number of carbonyl (C=O) groups is 5. The van der Waals surface area contributed by atoms with Crippen LogP contribution in [0.4, 0.5) is 0 Å². The topological polar surface area (TPSA) is 353 Å². The maximum atomic E-state index is 13.3. The molecule has 0 saturated heterocycles. The minimum absolute atomic E-state index is 0.000280. The number of hydrogen-bond acceptors (Lipinski definition) is 25. The molecule has 0 heterocycles. The third kappa shape index (κ3) is 32.0. The number of hydrogen-bond donors (Lipinski definition) is 5. The fourth-order valence-corrected chi connectivity index (χ4v) is 20.2. The van der Waals surface area contributed by atoms with Crippen molar-refractivity contribution in [3.05, 3.63) is 147 Å². The predicted octanol–water partition coefficient (Wildman–Crippen LogP) is 20.0. The summed E-state index contributed by atoms with van der Waals surface area (Å²) in [5.41, 5.74) is 2.51. The van der Waals surface area contributed by atoms with Gasteiger partial charge in [-0.15, -0.1) is 12.6 Å². The van der Waals surface area contributed by atoms with Crippen LogP contribution in [0.5, 0.6) is 28.7 Å². The van der Waals surface area contributed by atoms with E-state index in [2.05, 4.69) is 12.6 Å². The summed E-state index contributed by atoms with van der Waals surface area (Å²) in [5, 5.41) is -1.29. The van der Waals surface area contributed by atoms with E-state index in [0.29, 0.717) is 45.1 Å². The molecule has 0 radical (unpaired) electrons. The molecule has 0 unspecified atom stereocenters. The van der Waals surface area contributed by atoms with Crippen molar-refractivity contribution in [3.63, 3.8) is 0 Å². The summed E-state index contributed by atoms with van der Waals surface area (Å²) in [6.07, 6.45) is 0.302. The minimum Gasteiger partial charge on any atom is -0.404 e. The normalized spacial score (nSPS) is 12.6. The highest BCUT2D eigenvalue weighted by molar-refractivity contribution is 8.87. The zero-order chi connectivity index (χ0) is 80.7. The molecule has 0 aliphatic carbocycles. The average molecular weight is 1670 g/mol. The summed E-state index contributed by atoms with van der Waals surface area (Å²) in [5.74, 6) is 0.976. The molecule has 106 heavy (non-hydrogen) atoms. The van der Waals surface area contributed by atoms with Crippen LogP contribution in [0.25, 0.3) is 0 Å². The van der Waals surface area contributed by atoms with E-state index in [9.17, 15) is 66.4 Å². The van der Waals surface area contributed by atoms with Crippen molar-refractivity contribution in [1.82, 2.24) is 0 Å². The lowest BCUT2D eigenvalue weighted by atomic mass is 9.78. The Hall–Kier alpha value is -4.05. The maximum Gasteiger partial charge on any atom is 0.530 e. The second-order valence-corrected chi connectivity index (χ2v) is 39.3. The predicted molar refractivity (Wildman–Crippen MR) is 424 cm³/mol. The zero-order valence-corrected chi connectivity index (χ0v) is 72.3. The van der Waals surface area contributed by atoms with E-state index in [4.69, 9.17) is 49.8 Å². The van der Waals surface area contributed by atoms with Crippen molar-refractivity contribution >= 4 is 120 Å². The Balaban J connectivity index is 0.000000437. The lowest BCUT2D eigenvalue weighted by Crippen LogP contribution is -2.23. The lowest BCUT2D eigenvalue weighted by molar-refractivity contribution is -0.113. The lowest BCUT2D eigenvalue weighted by Gasteiger charge is -2.30. The fourth-order valence-electron chi connectivity index (χ4n) is 11.5. The Labute approximate surface area is 645 Å². The molecular weight excluding hydrogens is 1570 g/mol. The molecule has 0 aliphatic heterocycles. The molecule has 4 N–H and O–H groups in total. The van der Waals surface area contributed by atoms with E-state index in [1.807, 2.05) is 79.7 Å². The van der Waals surface area contributed by atoms with Crippen LogP contribution in [0.15, 0.2) is 97.1 Å². The molecule has 0 bridgehead atoms. The number of para-hydroxylation sites is 3. The smallest absolute Gasteiger partial charge is 0.404 e. The van der Waals surface area contributed by atoms with E-state index >= 15 is 0 Å². The first-order chi connectivity index (χ1) is 48.9. The summed E-state index contributed by atoms with van der Waals surface area (Å²) < 4.78 is 120. The van der Waals surface area contributed by atoms with Crippen molar-refractivity contribution in [1.29, 1.82) is 0 Å². The molecule has 35 heteroatoms. The number of phosphoric ester groups is 5. The van der Waals surface area contributed by atoms with Crippen LogP contribution in [0.3, 0.4) is 0 Å². The van der Waals surface area contributed by atoms with Crippen LogP contribution in [0, 0.1) is 27.7 Å². The van der Waals surface area contributed by atoms with Gasteiger partial charge < -0.3 is 22.6 Å². The fraction of sp³-hybridized carbons (Fsp3) is 0.507. The number of aryl methyl sites for hydroxylation is 4. The van der Waals surface area contributed by atoms with Gasteiger partial charge in [-0.3, -0.25) is 70.7 Å². The summed E-state index contributed by atoms with van der Waals surface area (Å²) in [4.78, 5) is 100. The molecule has 0 spiro atoms. The molecule has 25 nitrogen and oxygen atoms in total. The van der Waals surface area contributed by atoms with Gasteiger partial charge in [0, 0.05) is 87.0 Å². The summed E-state index contributed by atoms with van der Waals surface area (Å²) in [6, 6.07) is 27.4. The highest BCUT2D eigenvalue weighted by Crippen LogP contribution is 2.56. The molecule has 5 aromatic rings. The molecule has 0 aromatic heterocycles. The molecule has 0 fully saturated rings. The van der Waals surface area contributed by atoms with Crippen LogP contribution in [0.1, 0.15) is 193 Å². The number of benzene rings is 5. The summed E-state index contributed by atoms with van der Waals surface area (Å²) >= 11 is 3.85. The van der Waals surface area contributed by atoms with Crippen molar-refractivity contribution in [2.45, 2.75) is 198 Å². The third-order valence-electron chi connectivity index (χ3n) is 15.3. The van der Waals surface area contributed by atoms with E-state index in [0.717, 1.165) is 65.4 Å². The molecule has 0 atom stereocenters. The monoisotopic (exact) mass is 1670 g/mol. The van der Waals surface area contributed by atoms with Crippen LogP contribution >= 0.6 is 94.9 Å². The van der Waals surface area contributed by atoms with Gasteiger partial charge in [-0.25, -0.2) is 22.8 Å². The maximum absolute atomic E-state index is 13.3. The first kappa shape index (κ1) is 96.2. The van der Waals surface area contributed by atoms with Gasteiger partial charge in [0.1, 0.15) is 28.7 Å². The standard InChI is InChI=1S/C32H48O10P2S2.C24H32O10P2S2.C15H23O5PS/c1-11-37-43(35,38-12-2)41-26-18-16-15-17-25(26)31(7,8)21-28(33)45-46-29(34)22-32(9,10)30-24(6)19-23(5)20-27(30)42-44(36,39-13-3)40-14-4;1-15-11-16(2)22(19(12-15)34-36(30,31)32)24(5,6)14-21(26)38-37-20(25)13-23(3,4)17-9-7-8-10-18(17)33-35(27,28)29;1-5-18-21(17,19-6-2)20-13-10-8-7-9-12(13)15(3,4)11-14(16)22/h15-20H,11-14,21-22H2,1-10H3;7-12H,13-14H2,1-6H3,(H2,27,28,29)(H2,30,31,32);7-10H,5-6,11H2,1-4H3,(H,16,22). The van der Waals surface area contributed by atoms with Crippen molar-refractivity contribution < 1.29 is 116 Å². The van der Waals surface area contributed by atoms with E-state index in [1.165, 1.54) is 12.1 Å². The quantitative estimate of drug-likeness (QED) is 0.0140. The number of thiol groups is 1. The molecular formula is C71H103O25P5S5. The zero-order valence-electron chi connectivity index (χ0n) is 63.7. The van der Waals surface area contributed by atoms with Crippen molar-refractivity contribution in [2.24, 2.45) is 0 Å². The Morgan fingerprint density at radius 2 is 0.575 bits per heavy atom. The van der Waals surface area contributed by atoms with Gasteiger partial charge in [-0.1, -0.05) is 136 Å². The van der Waals surface area contributed by atoms with Gasteiger partial charge >= 0.3 is 39.1 Å². The Kier molecular flexibility index (Phi) is 38.1. The van der Waals surface area contributed by atoms with Crippen LogP contribution in [-0.4, -0.2) is 84.8 Å². The molecule has 0 amide bonds. The molecule has 0 saturated carbocycles. The number of rotatable bonds is 37. The summed E-state index contributed by atoms with van der Waals surface area (Å²) in [6.45, 7) is 36.8. The molecule has 5 aromatic carbocycles. The summed E-state index contributed by atoms with van der Waals surface area (Å²) in [7, 11) is -17.8. The second kappa shape index (κ2) is 42.0. The van der Waals surface area contributed by atoms with E-state index in [1.54, 1.807) is 144 Å². The third-order valence-corrected chi connectivity index (χ3v) is 25.2. The van der Waals surface area contributed by atoms with Crippen molar-refractivity contribution in [3.8, 4) is 28.7 Å². The van der Waals surface area contributed by atoms with Gasteiger partial charge in [0.2, 0.25) is 20.5 Å². The Morgan fingerprint density at radius 1 is 0.349 bits per heavy atom. The second-order valence-electron chi connectivity index (χ2n) is 27.2. The van der Waals surface area contributed by atoms with Gasteiger partial charge in [0.25, 0.3) is 0 Å². The molecule has 592 valence electrons. The first-order valence-corrected chi connectivity index (χ1v) is 45.9. The number of phosphoric acid groups is 5. The largest absolute Gasteiger partial charge is 0.530 e. The van der Waals surface area contributed by atoms with Crippen LogP contribution < -0.4 is 22.6 Å². The van der Waals surface area contributed by atoms with Gasteiger partial charge in [-0.05, 0) is 165 Å². The van der Waals surface area contributed by atoms with Crippen molar-refractivity contribution in [2.75, 3.05) is 39.6 Å². The van der Waals surface area contributed by atoms with Gasteiger partial charge in [0.05, 0.1) is 39.6 Å². The van der Waals surface area contributed by atoms with Gasteiger partial charge in [-0.2, -0.15) is 0 Å². The average Bonchev–Trinajstić information content (AvgIpc) is 0.798. The molecule has 5 rings (SSSR count). The molecule has 0 aliphatic rings.